The molecule has 6 heteroatoms. The maximum Gasteiger partial charge on any atom is 0.190 e. The van der Waals surface area contributed by atoms with Crippen LogP contribution in [0.4, 0.5) is 0 Å². The van der Waals surface area contributed by atoms with Crippen molar-refractivity contribution in [2.24, 2.45) is 0 Å². The highest BCUT2D eigenvalue weighted by molar-refractivity contribution is 5.23. The fourth-order valence-electron chi connectivity index (χ4n) is 3.05. The molecule has 1 aromatic rings. The molecule has 2 saturated heterocycles. The van der Waals surface area contributed by atoms with Crippen LogP contribution in [0.5, 0.6) is 5.75 Å². The van der Waals surface area contributed by atoms with E-state index in [1.165, 1.54) is 0 Å². The molecule has 4 atom stereocenters. The third kappa shape index (κ3) is 3.01. The summed E-state index contributed by atoms with van der Waals surface area (Å²) in [5, 5.41) is 0. The van der Waals surface area contributed by atoms with Crippen LogP contribution in [0, 0.1) is 0 Å². The number of hydrogen-bond acceptors (Lipinski definition) is 6. The number of furan rings is 1. The van der Waals surface area contributed by atoms with Gasteiger partial charge in [0.1, 0.15) is 18.8 Å². The molecule has 1 aromatic heterocycles. The molecule has 2 aliphatic rings. The van der Waals surface area contributed by atoms with Crippen molar-refractivity contribution in [3.63, 3.8) is 0 Å². The first kappa shape index (κ1) is 15.8. The minimum absolute atomic E-state index is 0.0305. The second kappa shape index (κ2) is 6.20. The van der Waals surface area contributed by atoms with Crippen LogP contribution in [0.3, 0.4) is 0 Å². The number of methoxy groups -OCH3 is 1. The van der Waals surface area contributed by atoms with E-state index in [0.717, 1.165) is 12.8 Å². The molecule has 0 saturated carbocycles. The van der Waals surface area contributed by atoms with Crippen LogP contribution < -0.4 is 4.74 Å². The van der Waals surface area contributed by atoms with Gasteiger partial charge in [-0.1, -0.05) is 13.3 Å². The van der Waals surface area contributed by atoms with Crippen molar-refractivity contribution >= 4 is 0 Å². The van der Waals surface area contributed by atoms with Crippen molar-refractivity contribution in [3.8, 4) is 5.75 Å². The molecular weight excluding hydrogens is 288 g/mol. The maximum absolute atomic E-state index is 6.06. The Morgan fingerprint density at radius 3 is 2.82 bits per heavy atom. The van der Waals surface area contributed by atoms with E-state index in [2.05, 4.69) is 6.92 Å². The van der Waals surface area contributed by atoms with Gasteiger partial charge in [0, 0.05) is 6.07 Å². The average molecular weight is 312 g/mol. The molecule has 2 aliphatic heterocycles. The zero-order valence-corrected chi connectivity index (χ0v) is 13.5. The van der Waals surface area contributed by atoms with Gasteiger partial charge in [0.15, 0.2) is 23.6 Å². The van der Waals surface area contributed by atoms with Gasteiger partial charge in [0.25, 0.3) is 0 Å². The average Bonchev–Trinajstić information content (AvgIpc) is 3.10. The molecule has 2 fully saturated rings. The molecule has 3 rings (SSSR count). The second-order valence-corrected chi connectivity index (χ2v) is 6.12. The summed E-state index contributed by atoms with van der Waals surface area (Å²) in [7, 11) is 1.61. The largest absolute Gasteiger partial charge is 0.493 e. The van der Waals surface area contributed by atoms with E-state index in [1.54, 1.807) is 19.4 Å². The van der Waals surface area contributed by atoms with E-state index in [9.17, 15) is 0 Å². The Morgan fingerprint density at radius 2 is 2.09 bits per heavy atom. The van der Waals surface area contributed by atoms with E-state index in [1.807, 2.05) is 13.8 Å². The fourth-order valence-corrected chi connectivity index (χ4v) is 3.05. The predicted octanol–water partition coefficient (Wildman–Crippen LogP) is 2.85. The topological polar surface area (TPSA) is 59.3 Å². The lowest BCUT2D eigenvalue weighted by molar-refractivity contribution is -0.220. The summed E-state index contributed by atoms with van der Waals surface area (Å²) in [6.45, 7) is 6.21. The van der Waals surface area contributed by atoms with Crippen LogP contribution in [-0.4, -0.2) is 37.5 Å². The van der Waals surface area contributed by atoms with E-state index >= 15 is 0 Å². The first-order valence-corrected chi connectivity index (χ1v) is 7.77. The Morgan fingerprint density at radius 1 is 1.27 bits per heavy atom. The maximum atomic E-state index is 6.06. The van der Waals surface area contributed by atoms with Gasteiger partial charge < -0.3 is 28.1 Å². The minimum Gasteiger partial charge on any atom is -0.493 e. The van der Waals surface area contributed by atoms with E-state index in [0.29, 0.717) is 18.1 Å². The van der Waals surface area contributed by atoms with Gasteiger partial charge in [-0.3, -0.25) is 0 Å². The van der Waals surface area contributed by atoms with Crippen molar-refractivity contribution < 1.29 is 28.1 Å². The molecule has 0 bridgehead atoms. The van der Waals surface area contributed by atoms with Gasteiger partial charge in [0.05, 0.1) is 19.5 Å². The summed E-state index contributed by atoms with van der Waals surface area (Å²) < 4.78 is 34.4. The summed E-state index contributed by atoms with van der Waals surface area (Å²) in [5.41, 5.74) is 0. The highest BCUT2D eigenvalue weighted by Crippen LogP contribution is 2.40. The van der Waals surface area contributed by atoms with Crippen LogP contribution in [-0.2, 0) is 25.6 Å². The Kier molecular flexibility index (Phi) is 4.45. The van der Waals surface area contributed by atoms with Crippen LogP contribution >= 0.6 is 0 Å². The lowest BCUT2D eigenvalue weighted by Crippen LogP contribution is -2.36. The van der Waals surface area contributed by atoms with Gasteiger partial charge in [-0.25, -0.2) is 0 Å². The molecule has 0 aromatic carbocycles. The molecule has 3 heterocycles. The SMILES string of the molecule is CCC[C@H]1O[C@@H]2OC(C)(C)O[C@@H]2[C@H]1OCc1occc1OC. The quantitative estimate of drug-likeness (QED) is 0.805. The third-order valence-corrected chi connectivity index (χ3v) is 3.99. The van der Waals surface area contributed by atoms with Crippen molar-refractivity contribution in [1.82, 2.24) is 0 Å². The lowest BCUT2D eigenvalue weighted by atomic mass is 10.1. The smallest absolute Gasteiger partial charge is 0.190 e. The number of fused-ring (bicyclic) bond motifs is 1. The monoisotopic (exact) mass is 312 g/mol. The van der Waals surface area contributed by atoms with E-state index < -0.39 is 5.79 Å². The summed E-state index contributed by atoms with van der Waals surface area (Å²) in [5.74, 6) is 0.710. The fraction of sp³-hybridized carbons (Fsp3) is 0.750. The molecule has 0 aliphatic carbocycles. The van der Waals surface area contributed by atoms with Gasteiger partial charge in [-0.15, -0.1) is 0 Å². The van der Waals surface area contributed by atoms with Crippen molar-refractivity contribution in [3.05, 3.63) is 18.1 Å². The van der Waals surface area contributed by atoms with Crippen LogP contribution in [0.25, 0.3) is 0 Å². The lowest BCUT2D eigenvalue weighted by Gasteiger charge is -2.25. The standard InChI is InChI=1S/C16H24O6/c1-5-6-11-13(14-15(20-11)22-16(2,3)21-14)19-9-12-10(17-4)7-8-18-12/h7-8,11,13-15H,5-6,9H2,1-4H3/t11-,13+,14-,15-/m1/s1. The summed E-state index contributed by atoms with van der Waals surface area (Å²) in [4.78, 5) is 0. The van der Waals surface area contributed by atoms with Crippen LogP contribution in [0.2, 0.25) is 0 Å². The molecular formula is C16H24O6. The van der Waals surface area contributed by atoms with Crippen molar-refractivity contribution in [1.29, 1.82) is 0 Å². The zero-order valence-electron chi connectivity index (χ0n) is 13.5. The molecule has 6 nitrogen and oxygen atoms in total. The third-order valence-electron chi connectivity index (χ3n) is 3.99. The Hall–Kier alpha value is -1.08. The van der Waals surface area contributed by atoms with E-state index in [-0.39, 0.29) is 24.6 Å². The molecule has 0 N–H and O–H groups in total. The summed E-state index contributed by atoms with van der Waals surface area (Å²) in [6.07, 6.45) is 2.71. The van der Waals surface area contributed by atoms with Crippen LogP contribution in [0.1, 0.15) is 39.4 Å². The van der Waals surface area contributed by atoms with Gasteiger partial charge in [0.2, 0.25) is 0 Å². The van der Waals surface area contributed by atoms with Gasteiger partial charge >= 0.3 is 0 Å². The molecule has 0 unspecified atom stereocenters. The normalized spacial score (nSPS) is 33.1. The van der Waals surface area contributed by atoms with Crippen molar-refractivity contribution in [2.45, 2.75) is 70.6 Å². The molecule has 22 heavy (non-hydrogen) atoms. The molecule has 0 amide bonds. The number of rotatable bonds is 6. The number of ether oxygens (including phenoxy) is 5. The van der Waals surface area contributed by atoms with E-state index in [4.69, 9.17) is 28.1 Å². The molecule has 0 spiro atoms. The Labute approximate surface area is 130 Å². The predicted molar refractivity (Wildman–Crippen MR) is 77.4 cm³/mol. The first-order valence-electron chi connectivity index (χ1n) is 7.77. The minimum atomic E-state index is -0.642. The highest BCUT2D eigenvalue weighted by Gasteiger charge is 2.55. The first-order chi connectivity index (χ1) is 10.5. The summed E-state index contributed by atoms with van der Waals surface area (Å²) >= 11 is 0. The summed E-state index contributed by atoms with van der Waals surface area (Å²) in [6, 6.07) is 1.77. The van der Waals surface area contributed by atoms with Crippen molar-refractivity contribution in [2.75, 3.05) is 7.11 Å². The highest BCUT2D eigenvalue weighted by atomic mass is 16.8. The van der Waals surface area contributed by atoms with Gasteiger partial charge in [-0.2, -0.15) is 0 Å². The zero-order chi connectivity index (χ0) is 15.7. The Balaban J connectivity index is 1.68. The number of hydrogen-bond donors (Lipinski definition) is 0. The van der Waals surface area contributed by atoms with Crippen LogP contribution in [0.15, 0.2) is 16.7 Å². The molecule has 124 valence electrons. The Bertz CT molecular complexity index is 497. The molecule has 0 radical (unpaired) electrons. The second-order valence-electron chi connectivity index (χ2n) is 6.12. The van der Waals surface area contributed by atoms with Gasteiger partial charge in [-0.05, 0) is 20.3 Å².